The highest BCUT2D eigenvalue weighted by Gasteiger charge is 2.32. The average Bonchev–Trinajstić information content (AvgIpc) is 3.10. The van der Waals surface area contributed by atoms with Gasteiger partial charge in [0.05, 0.1) is 31.5 Å². The Labute approximate surface area is 185 Å². The molecule has 0 radical (unpaired) electrons. The molecule has 0 spiro atoms. The molecule has 160 valence electrons. The van der Waals surface area contributed by atoms with Crippen molar-refractivity contribution in [1.29, 1.82) is 0 Å². The second-order valence-corrected chi connectivity index (χ2v) is 6.62. The molecule has 1 aliphatic rings. The van der Waals surface area contributed by atoms with Gasteiger partial charge in [-0.2, -0.15) is 18.3 Å². The van der Waals surface area contributed by atoms with E-state index in [1.165, 1.54) is 6.07 Å². The molecule has 0 aliphatic carbocycles. The third-order valence-electron chi connectivity index (χ3n) is 4.46. The van der Waals surface area contributed by atoms with E-state index in [1.807, 2.05) is 25.1 Å². The van der Waals surface area contributed by atoms with E-state index < -0.39 is 17.8 Å². The van der Waals surface area contributed by atoms with Gasteiger partial charge in [0.2, 0.25) is 0 Å². The first-order valence-electron chi connectivity index (χ1n) is 9.16. The van der Waals surface area contributed by atoms with Gasteiger partial charge in [-0.3, -0.25) is 4.68 Å². The van der Waals surface area contributed by atoms with Gasteiger partial charge in [0.25, 0.3) is 0 Å². The van der Waals surface area contributed by atoms with Crippen LogP contribution >= 0.6 is 24.0 Å². The molecule has 2 heterocycles. The van der Waals surface area contributed by atoms with Gasteiger partial charge < -0.3 is 15.0 Å². The lowest BCUT2D eigenvalue weighted by Gasteiger charge is -2.35. The molecule has 1 N–H and O–H groups in total. The predicted octanol–water partition coefficient (Wildman–Crippen LogP) is 3.60. The van der Waals surface area contributed by atoms with Gasteiger partial charge in [-0.1, -0.05) is 12.1 Å². The lowest BCUT2D eigenvalue weighted by atomic mass is 10.0. The van der Waals surface area contributed by atoms with Gasteiger partial charge in [0, 0.05) is 31.9 Å². The quantitative estimate of drug-likeness (QED) is 0.378. The summed E-state index contributed by atoms with van der Waals surface area (Å²) in [5.41, 5.74) is 0.839. The summed E-state index contributed by atoms with van der Waals surface area (Å²) in [4.78, 5) is 6.67. The van der Waals surface area contributed by atoms with Gasteiger partial charge in [-0.05, 0) is 24.6 Å². The van der Waals surface area contributed by atoms with Crippen molar-refractivity contribution in [3.8, 4) is 0 Å². The van der Waals surface area contributed by atoms with Crippen LogP contribution in [0.4, 0.5) is 13.2 Å². The zero-order valence-corrected chi connectivity index (χ0v) is 18.6. The Balaban J connectivity index is 0.00000300. The molecule has 1 aliphatic heterocycles. The number of benzene rings is 1. The molecular weight excluding hydrogens is 498 g/mol. The lowest BCUT2D eigenvalue weighted by molar-refractivity contribution is -0.137. The lowest BCUT2D eigenvalue weighted by Crippen LogP contribution is -2.48. The van der Waals surface area contributed by atoms with Gasteiger partial charge in [-0.15, -0.1) is 24.0 Å². The van der Waals surface area contributed by atoms with E-state index in [-0.39, 0.29) is 24.0 Å². The molecule has 1 unspecified atom stereocenters. The molecule has 29 heavy (non-hydrogen) atoms. The number of hydrogen-bond acceptors (Lipinski definition) is 3. The summed E-state index contributed by atoms with van der Waals surface area (Å²) in [6.07, 6.45) is -1.15. The fourth-order valence-corrected chi connectivity index (χ4v) is 3.10. The molecule has 0 amide bonds. The fourth-order valence-electron chi connectivity index (χ4n) is 3.10. The number of rotatable bonds is 4. The highest BCUT2D eigenvalue weighted by Crippen LogP contribution is 2.32. The summed E-state index contributed by atoms with van der Waals surface area (Å²) in [6.45, 7) is 4.61. The van der Waals surface area contributed by atoms with E-state index in [1.54, 1.807) is 16.9 Å². The summed E-state index contributed by atoms with van der Waals surface area (Å²) >= 11 is 0. The summed E-state index contributed by atoms with van der Waals surface area (Å²) < 4.78 is 46.5. The van der Waals surface area contributed by atoms with Crippen LogP contribution in [0.15, 0.2) is 41.7 Å². The molecule has 3 rings (SSSR count). The Bertz CT molecular complexity index is 824. The number of aromatic nitrogens is 2. The van der Waals surface area contributed by atoms with E-state index in [0.29, 0.717) is 44.3 Å². The molecule has 0 saturated carbocycles. The Hall–Kier alpha value is -1.82. The third-order valence-corrected chi connectivity index (χ3v) is 4.46. The number of aliphatic imine (C=N–C) groups is 1. The van der Waals surface area contributed by atoms with Crippen LogP contribution in [0, 0.1) is 0 Å². The van der Waals surface area contributed by atoms with Crippen LogP contribution in [0.3, 0.4) is 0 Å². The van der Waals surface area contributed by atoms with Crippen molar-refractivity contribution in [2.45, 2.75) is 25.7 Å². The summed E-state index contributed by atoms with van der Waals surface area (Å²) in [7, 11) is 1.85. The monoisotopic (exact) mass is 523 g/mol. The number of alkyl halides is 3. The van der Waals surface area contributed by atoms with Gasteiger partial charge >= 0.3 is 6.18 Å². The summed E-state index contributed by atoms with van der Waals surface area (Å²) in [6, 6.07) is 5.32. The van der Waals surface area contributed by atoms with Crippen LogP contribution in [-0.4, -0.2) is 46.9 Å². The van der Waals surface area contributed by atoms with E-state index >= 15 is 0 Å². The minimum absolute atomic E-state index is 0. The number of nitrogens with one attached hydrogen (secondary N) is 1. The third kappa shape index (κ3) is 6.33. The topological polar surface area (TPSA) is 54.7 Å². The molecule has 6 nitrogen and oxygen atoms in total. The van der Waals surface area contributed by atoms with Crippen LogP contribution < -0.4 is 5.32 Å². The van der Waals surface area contributed by atoms with Crippen LogP contribution in [0.5, 0.6) is 0 Å². The van der Waals surface area contributed by atoms with Crippen molar-refractivity contribution >= 4 is 29.9 Å². The maximum atomic E-state index is 13.0. The Morgan fingerprint density at radius 1 is 1.38 bits per heavy atom. The highest BCUT2D eigenvalue weighted by atomic mass is 127. The first-order chi connectivity index (χ1) is 13.4. The van der Waals surface area contributed by atoms with Crippen molar-refractivity contribution in [2.75, 3.05) is 26.2 Å². The molecule has 1 atom stereocenters. The number of ether oxygens (including phenoxy) is 1. The molecule has 1 aromatic heterocycles. The molecule has 1 fully saturated rings. The minimum Gasteiger partial charge on any atom is -0.370 e. The number of hydrogen-bond donors (Lipinski definition) is 1. The number of guanidine groups is 1. The van der Waals surface area contributed by atoms with Gasteiger partial charge in [0.15, 0.2) is 5.96 Å². The maximum absolute atomic E-state index is 13.0. The van der Waals surface area contributed by atoms with Crippen molar-refractivity contribution in [2.24, 2.45) is 12.0 Å². The fraction of sp³-hybridized carbons (Fsp3) is 0.474. The largest absolute Gasteiger partial charge is 0.416 e. The van der Waals surface area contributed by atoms with Crippen LogP contribution in [0.25, 0.3) is 0 Å². The Morgan fingerprint density at radius 3 is 2.83 bits per heavy atom. The minimum atomic E-state index is -4.37. The predicted molar refractivity (Wildman–Crippen MR) is 115 cm³/mol. The van der Waals surface area contributed by atoms with E-state index in [9.17, 15) is 13.2 Å². The number of nitrogens with zero attached hydrogens (tertiary/aromatic N) is 4. The number of halogens is 4. The SMILES string of the molecule is CCNC(=NCc1cnn(C)c1)N1CCOC(c2cccc(C(F)(F)F)c2)C1.I. The second kappa shape index (κ2) is 10.3. The maximum Gasteiger partial charge on any atom is 0.416 e. The highest BCUT2D eigenvalue weighted by molar-refractivity contribution is 14.0. The molecule has 1 aromatic carbocycles. The van der Waals surface area contributed by atoms with Crippen molar-refractivity contribution in [3.63, 3.8) is 0 Å². The zero-order chi connectivity index (χ0) is 20.1. The van der Waals surface area contributed by atoms with E-state index in [2.05, 4.69) is 15.4 Å². The summed E-state index contributed by atoms with van der Waals surface area (Å²) in [5.74, 6) is 0.714. The summed E-state index contributed by atoms with van der Waals surface area (Å²) in [5, 5.41) is 7.38. The first-order valence-corrected chi connectivity index (χ1v) is 9.16. The van der Waals surface area contributed by atoms with Crippen molar-refractivity contribution in [1.82, 2.24) is 20.0 Å². The van der Waals surface area contributed by atoms with E-state index in [4.69, 9.17) is 4.74 Å². The van der Waals surface area contributed by atoms with Crippen LogP contribution in [0.1, 0.15) is 29.7 Å². The van der Waals surface area contributed by atoms with Crippen LogP contribution in [0.2, 0.25) is 0 Å². The van der Waals surface area contributed by atoms with Crippen molar-refractivity contribution in [3.05, 3.63) is 53.3 Å². The molecule has 0 bridgehead atoms. The van der Waals surface area contributed by atoms with Crippen LogP contribution in [-0.2, 0) is 24.5 Å². The zero-order valence-electron chi connectivity index (χ0n) is 16.3. The molecular formula is C19H25F3IN5O. The van der Waals surface area contributed by atoms with Crippen molar-refractivity contribution < 1.29 is 17.9 Å². The Kier molecular flexibility index (Phi) is 8.32. The van der Waals surface area contributed by atoms with Gasteiger partial charge in [0.1, 0.15) is 6.10 Å². The Morgan fingerprint density at radius 2 is 2.17 bits per heavy atom. The van der Waals surface area contributed by atoms with E-state index in [0.717, 1.165) is 17.7 Å². The average molecular weight is 523 g/mol. The standard InChI is InChI=1S/C19H24F3N5O.HI/c1-3-23-18(24-10-14-11-25-26(2)12-14)27-7-8-28-17(13-27)15-5-4-6-16(9-15)19(20,21)22;/h4-6,9,11-12,17H,3,7-8,10,13H2,1-2H3,(H,23,24);1H. The smallest absolute Gasteiger partial charge is 0.370 e. The molecule has 1 saturated heterocycles. The van der Waals surface area contributed by atoms with Gasteiger partial charge in [-0.25, -0.2) is 4.99 Å². The molecule has 2 aromatic rings. The number of aryl methyl sites for hydroxylation is 1. The molecule has 10 heteroatoms. The first kappa shape index (κ1) is 23.5. The second-order valence-electron chi connectivity index (χ2n) is 6.62. The normalized spacial score (nSPS) is 17.8. The number of morpholine rings is 1.